The van der Waals surface area contributed by atoms with Crippen LogP contribution in [0.15, 0.2) is 23.0 Å². The first-order chi connectivity index (χ1) is 14.7. The highest BCUT2D eigenvalue weighted by molar-refractivity contribution is 7.22. The summed E-state index contributed by atoms with van der Waals surface area (Å²) in [5, 5.41) is 7.54. The lowest BCUT2D eigenvalue weighted by Crippen LogP contribution is -2.40. The molecule has 3 aromatic rings. The van der Waals surface area contributed by atoms with Crippen LogP contribution in [0.4, 0.5) is 17.5 Å². The first kappa shape index (κ1) is 19.3. The lowest BCUT2D eigenvalue weighted by Gasteiger charge is -2.29. The molecule has 5 N–H and O–H groups in total. The molecule has 2 aliphatic rings. The fourth-order valence-corrected chi connectivity index (χ4v) is 4.97. The number of fused-ring (bicyclic) bond motifs is 1. The Morgan fingerprint density at radius 2 is 2.13 bits per heavy atom. The third-order valence-electron chi connectivity index (χ3n) is 5.51. The number of thiazole rings is 1. The van der Waals surface area contributed by atoms with Crippen LogP contribution in [0.3, 0.4) is 0 Å². The molecule has 4 heterocycles. The molecular weight excluding hydrogens is 402 g/mol. The van der Waals surface area contributed by atoms with Crippen LogP contribution >= 0.6 is 11.3 Å². The van der Waals surface area contributed by atoms with Gasteiger partial charge in [-0.25, -0.2) is 4.98 Å². The normalized spacial score (nSPS) is 19.9. The Labute approximate surface area is 177 Å². The quantitative estimate of drug-likeness (QED) is 0.464. The van der Waals surface area contributed by atoms with Crippen LogP contribution in [0.25, 0.3) is 20.8 Å². The molecule has 1 unspecified atom stereocenters. The summed E-state index contributed by atoms with van der Waals surface area (Å²) >= 11 is 1.42. The van der Waals surface area contributed by atoms with Crippen molar-refractivity contribution in [3.63, 3.8) is 0 Å². The van der Waals surface area contributed by atoms with E-state index in [1.807, 2.05) is 18.2 Å². The number of piperidine rings is 1. The van der Waals surface area contributed by atoms with E-state index in [1.54, 1.807) is 0 Å². The lowest BCUT2D eigenvalue weighted by molar-refractivity contribution is 0.122. The van der Waals surface area contributed by atoms with E-state index in [4.69, 9.17) is 15.5 Å². The fourth-order valence-electron chi connectivity index (χ4n) is 3.93. The third-order valence-corrected chi connectivity index (χ3v) is 6.65. The van der Waals surface area contributed by atoms with Crippen LogP contribution in [0.1, 0.15) is 12.8 Å². The number of nitrogens with zero attached hydrogens (tertiary/aromatic N) is 3. The molecule has 9 nitrogen and oxygen atoms in total. The highest BCUT2D eigenvalue weighted by Gasteiger charge is 2.24. The SMILES string of the molecule is Nc1cccc2nc(-c3c(NC4CCCNC4)nc(N4CCOCC4)[nH]c3=O)sc12. The minimum Gasteiger partial charge on any atom is -0.398 e. The zero-order valence-corrected chi connectivity index (χ0v) is 17.4. The molecule has 5 rings (SSSR count). The van der Waals surface area contributed by atoms with Crippen molar-refractivity contribution in [3.05, 3.63) is 28.6 Å². The number of hydrogen-bond acceptors (Lipinski definition) is 9. The second kappa shape index (κ2) is 8.21. The molecule has 0 aliphatic carbocycles. The number of nitrogens with two attached hydrogens (primary N) is 1. The summed E-state index contributed by atoms with van der Waals surface area (Å²) < 4.78 is 6.32. The Morgan fingerprint density at radius 1 is 1.27 bits per heavy atom. The maximum atomic E-state index is 13.2. The fraction of sp³-hybridized carbons (Fsp3) is 0.450. The maximum Gasteiger partial charge on any atom is 0.264 e. The van der Waals surface area contributed by atoms with Crippen molar-refractivity contribution in [3.8, 4) is 10.6 Å². The lowest BCUT2D eigenvalue weighted by atomic mass is 10.1. The molecular formula is C20H25N7O2S. The van der Waals surface area contributed by atoms with Crippen LogP contribution in [-0.2, 0) is 4.74 Å². The van der Waals surface area contributed by atoms with Gasteiger partial charge in [0.2, 0.25) is 5.95 Å². The predicted molar refractivity (Wildman–Crippen MR) is 120 cm³/mol. The maximum absolute atomic E-state index is 13.2. The molecule has 0 amide bonds. The summed E-state index contributed by atoms with van der Waals surface area (Å²) in [6, 6.07) is 5.84. The van der Waals surface area contributed by atoms with Crippen LogP contribution < -0.4 is 26.8 Å². The highest BCUT2D eigenvalue weighted by atomic mass is 32.1. The minimum atomic E-state index is -0.199. The number of nitrogens with one attached hydrogen (secondary N) is 3. The minimum absolute atomic E-state index is 0.199. The number of benzene rings is 1. The van der Waals surface area contributed by atoms with Crippen molar-refractivity contribution < 1.29 is 4.74 Å². The molecule has 30 heavy (non-hydrogen) atoms. The Hall–Kier alpha value is -2.69. The van der Waals surface area contributed by atoms with Gasteiger partial charge in [-0.3, -0.25) is 9.78 Å². The smallest absolute Gasteiger partial charge is 0.264 e. The molecule has 158 valence electrons. The van der Waals surface area contributed by atoms with Crippen LogP contribution in [0.5, 0.6) is 0 Å². The average molecular weight is 428 g/mol. The van der Waals surface area contributed by atoms with Gasteiger partial charge in [0, 0.05) is 25.7 Å². The monoisotopic (exact) mass is 427 g/mol. The number of rotatable bonds is 4. The number of aromatic nitrogens is 3. The average Bonchev–Trinajstić information content (AvgIpc) is 3.20. The summed E-state index contributed by atoms with van der Waals surface area (Å²) in [4.78, 5) is 27.8. The van der Waals surface area contributed by atoms with Gasteiger partial charge in [0.05, 0.1) is 29.1 Å². The van der Waals surface area contributed by atoms with Crippen molar-refractivity contribution in [1.82, 2.24) is 20.3 Å². The summed E-state index contributed by atoms with van der Waals surface area (Å²) in [5.41, 5.74) is 7.85. The number of anilines is 3. The number of H-pyrrole nitrogens is 1. The van der Waals surface area contributed by atoms with E-state index in [1.165, 1.54) is 11.3 Å². The van der Waals surface area contributed by atoms with Crippen molar-refractivity contribution in [2.75, 3.05) is 55.3 Å². The second-order valence-corrected chi connectivity index (χ2v) is 8.61. The van der Waals surface area contributed by atoms with Crippen LogP contribution in [-0.4, -0.2) is 60.4 Å². The van der Waals surface area contributed by atoms with E-state index < -0.39 is 0 Å². The van der Waals surface area contributed by atoms with Crippen LogP contribution in [0, 0.1) is 0 Å². The topological polar surface area (TPSA) is 121 Å². The van der Waals surface area contributed by atoms with Crippen molar-refractivity contribution >= 4 is 39.0 Å². The molecule has 2 fully saturated rings. The van der Waals surface area contributed by atoms with E-state index in [9.17, 15) is 4.79 Å². The summed E-state index contributed by atoms with van der Waals surface area (Å²) in [6.07, 6.45) is 2.12. The number of ether oxygens (including phenoxy) is 1. The first-order valence-electron chi connectivity index (χ1n) is 10.3. The third kappa shape index (κ3) is 3.73. The number of aromatic amines is 1. The van der Waals surface area contributed by atoms with Gasteiger partial charge in [-0.1, -0.05) is 6.07 Å². The molecule has 1 aromatic carbocycles. The van der Waals surface area contributed by atoms with E-state index >= 15 is 0 Å². The molecule has 0 spiro atoms. The van der Waals surface area contributed by atoms with Crippen molar-refractivity contribution in [1.29, 1.82) is 0 Å². The molecule has 2 saturated heterocycles. The van der Waals surface area contributed by atoms with Gasteiger partial charge >= 0.3 is 0 Å². The van der Waals surface area contributed by atoms with Crippen molar-refractivity contribution in [2.45, 2.75) is 18.9 Å². The van der Waals surface area contributed by atoms with Crippen molar-refractivity contribution in [2.24, 2.45) is 0 Å². The van der Waals surface area contributed by atoms with Crippen LogP contribution in [0.2, 0.25) is 0 Å². The molecule has 2 aliphatic heterocycles. The molecule has 0 bridgehead atoms. The summed E-state index contributed by atoms with van der Waals surface area (Å²) in [7, 11) is 0. The molecule has 0 radical (unpaired) electrons. The molecule has 2 aromatic heterocycles. The molecule has 10 heteroatoms. The van der Waals surface area contributed by atoms with Gasteiger partial charge < -0.3 is 26.0 Å². The number of morpholine rings is 1. The Kier molecular flexibility index (Phi) is 5.28. The summed E-state index contributed by atoms with van der Waals surface area (Å²) in [5.74, 6) is 1.14. The zero-order valence-electron chi connectivity index (χ0n) is 16.6. The number of nitrogen functional groups attached to an aromatic ring is 1. The Balaban J connectivity index is 1.60. The predicted octanol–water partition coefficient (Wildman–Crippen LogP) is 1.63. The van der Waals surface area contributed by atoms with E-state index in [0.29, 0.717) is 54.3 Å². The largest absolute Gasteiger partial charge is 0.398 e. The standard InChI is InChI=1S/C20H25N7O2S/c21-13-4-1-5-14-16(13)30-19(24-14)15-17(23-12-3-2-6-22-11-12)25-20(26-18(15)28)27-7-9-29-10-8-27/h1,4-5,12,22H,2-3,6-11,21H2,(H2,23,25,26,28). The first-order valence-corrected chi connectivity index (χ1v) is 11.1. The van der Waals surface area contributed by atoms with E-state index in [0.717, 1.165) is 36.1 Å². The zero-order chi connectivity index (χ0) is 20.5. The second-order valence-electron chi connectivity index (χ2n) is 7.61. The van der Waals surface area contributed by atoms with Gasteiger partial charge in [0.25, 0.3) is 5.56 Å². The Morgan fingerprint density at radius 3 is 2.90 bits per heavy atom. The molecule has 1 atom stereocenters. The molecule has 0 saturated carbocycles. The van der Waals surface area contributed by atoms with Gasteiger partial charge in [0.1, 0.15) is 16.4 Å². The van der Waals surface area contributed by atoms with Gasteiger partial charge in [0.15, 0.2) is 0 Å². The Bertz CT molecular complexity index is 1100. The van der Waals surface area contributed by atoms with E-state index in [2.05, 4.69) is 25.5 Å². The van der Waals surface area contributed by atoms with Gasteiger partial charge in [-0.2, -0.15) is 4.98 Å². The van der Waals surface area contributed by atoms with E-state index in [-0.39, 0.29) is 11.6 Å². The number of hydrogen-bond donors (Lipinski definition) is 4. The van der Waals surface area contributed by atoms with Gasteiger partial charge in [-0.15, -0.1) is 11.3 Å². The van der Waals surface area contributed by atoms with Gasteiger partial charge in [-0.05, 0) is 31.5 Å². The summed E-state index contributed by atoms with van der Waals surface area (Å²) in [6.45, 7) is 4.50. The highest BCUT2D eigenvalue weighted by Crippen LogP contribution is 2.35.